The van der Waals surface area contributed by atoms with E-state index in [-0.39, 0.29) is 0 Å². The molecule has 0 atom stereocenters. The number of hydrogen-bond acceptors (Lipinski definition) is 3. The smallest absolute Gasteiger partial charge is 0.00103 e. The van der Waals surface area contributed by atoms with Crippen molar-refractivity contribution in [3.8, 4) is 0 Å². The average Bonchev–Trinajstić information content (AvgIpc) is 2.20. The largest absolute Gasteiger partial charge is 0.317 e. The van der Waals surface area contributed by atoms with Gasteiger partial charge in [0.25, 0.3) is 0 Å². The van der Waals surface area contributed by atoms with E-state index in [2.05, 4.69) is 36.7 Å². The van der Waals surface area contributed by atoms with Gasteiger partial charge in [-0.15, -0.1) is 0 Å². The van der Waals surface area contributed by atoms with E-state index in [0.29, 0.717) is 6.04 Å². The molecule has 3 heteroatoms. The summed E-state index contributed by atoms with van der Waals surface area (Å²) >= 11 is 0. The molecule has 0 saturated heterocycles. The fourth-order valence-electron chi connectivity index (χ4n) is 1.41. The standard InChI is InChI=1S/C12H29N3/c1-4-13-8-5-6-9-14-10-7-11-15-12(2)3/h12-15H,4-11H2,1-3H3. The lowest BCUT2D eigenvalue weighted by molar-refractivity contribution is 0.536. The summed E-state index contributed by atoms with van der Waals surface area (Å²) in [7, 11) is 0. The number of unbranched alkanes of at least 4 members (excludes halogenated alkanes) is 1. The van der Waals surface area contributed by atoms with Crippen LogP contribution in [-0.2, 0) is 0 Å². The van der Waals surface area contributed by atoms with Gasteiger partial charge in [0.1, 0.15) is 0 Å². The van der Waals surface area contributed by atoms with Crippen molar-refractivity contribution in [3.63, 3.8) is 0 Å². The minimum atomic E-state index is 0.616. The minimum Gasteiger partial charge on any atom is -0.317 e. The molecule has 0 aromatic heterocycles. The molecule has 0 aliphatic rings. The van der Waals surface area contributed by atoms with Crippen LogP contribution in [0.2, 0.25) is 0 Å². The summed E-state index contributed by atoms with van der Waals surface area (Å²) in [4.78, 5) is 0. The molecule has 0 aliphatic carbocycles. The van der Waals surface area contributed by atoms with Crippen LogP contribution in [0.15, 0.2) is 0 Å². The van der Waals surface area contributed by atoms with Crippen LogP contribution in [0.25, 0.3) is 0 Å². The zero-order valence-corrected chi connectivity index (χ0v) is 10.7. The minimum absolute atomic E-state index is 0.616. The highest BCUT2D eigenvalue weighted by Crippen LogP contribution is 1.85. The van der Waals surface area contributed by atoms with Crippen LogP contribution < -0.4 is 16.0 Å². The van der Waals surface area contributed by atoms with Crippen molar-refractivity contribution in [2.75, 3.05) is 32.7 Å². The Morgan fingerprint density at radius 1 is 0.800 bits per heavy atom. The molecule has 0 unspecified atom stereocenters. The maximum atomic E-state index is 3.47. The third kappa shape index (κ3) is 13.9. The Morgan fingerprint density at radius 3 is 2.00 bits per heavy atom. The molecule has 92 valence electrons. The van der Waals surface area contributed by atoms with E-state index in [0.717, 1.165) is 32.7 Å². The Morgan fingerprint density at radius 2 is 1.40 bits per heavy atom. The van der Waals surface area contributed by atoms with Crippen LogP contribution >= 0.6 is 0 Å². The Bertz CT molecular complexity index is 115. The molecule has 0 spiro atoms. The van der Waals surface area contributed by atoms with Gasteiger partial charge in [-0.3, -0.25) is 0 Å². The highest BCUT2D eigenvalue weighted by atomic mass is 14.9. The van der Waals surface area contributed by atoms with Gasteiger partial charge in [0, 0.05) is 6.04 Å². The van der Waals surface area contributed by atoms with Gasteiger partial charge in [0.2, 0.25) is 0 Å². The van der Waals surface area contributed by atoms with Gasteiger partial charge in [-0.1, -0.05) is 20.8 Å². The van der Waals surface area contributed by atoms with Gasteiger partial charge >= 0.3 is 0 Å². The summed E-state index contributed by atoms with van der Waals surface area (Å²) in [6, 6.07) is 0.616. The molecule has 0 aliphatic heterocycles. The van der Waals surface area contributed by atoms with Crippen LogP contribution in [-0.4, -0.2) is 38.8 Å². The molecular formula is C12H29N3. The van der Waals surface area contributed by atoms with Gasteiger partial charge in [-0.05, 0) is 52.0 Å². The fourth-order valence-corrected chi connectivity index (χ4v) is 1.41. The van der Waals surface area contributed by atoms with E-state index in [9.17, 15) is 0 Å². The lowest BCUT2D eigenvalue weighted by Gasteiger charge is -2.08. The molecule has 0 aromatic carbocycles. The van der Waals surface area contributed by atoms with Crippen molar-refractivity contribution in [2.24, 2.45) is 0 Å². The van der Waals surface area contributed by atoms with Crippen molar-refractivity contribution in [2.45, 2.75) is 46.1 Å². The zero-order valence-electron chi connectivity index (χ0n) is 10.7. The summed E-state index contributed by atoms with van der Waals surface area (Å²) < 4.78 is 0. The Balaban J connectivity index is 2.87. The first-order valence-corrected chi connectivity index (χ1v) is 6.42. The molecule has 0 saturated carbocycles. The summed E-state index contributed by atoms with van der Waals surface area (Å²) in [5.74, 6) is 0. The summed E-state index contributed by atoms with van der Waals surface area (Å²) in [6.07, 6.45) is 3.79. The Labute approximate surface area is 95.4 Å². The van der Waals surface area contributed by atoms with Crippen LogP contribution in [0.1, 0.15) is 40.0 Å². The van der Waals surface area contributed by atoms with E-state index in [1.165, 1.54) is 19.3 Å². The fraction of sp³-hybridized carbons (Fsp3) is 1.00. The van der Waals surface area contributed by atoms with Gasteiger partial charge in [-0.2, -0.15) is 0 Å². The number of nitrogens with one attached hydrogen (secondary N) is 3. The molecule has 0 heterocycles. The average molecular weight is 215 g/mol. The first kappa shape index (κ1) is 14.9. The van der Waals surface area contributed by atoms with E-state index < -0.39 is 0 Å². The van der Waals surface area contributed by atoms with Crippen molar-refractivity contribution < 1.29 is 0 Å². The maximum absolute atomic E-state index is 3.47. The maximum Gasteiger partial charge on any atom is 0.00103 e. The van der Waals surface area contributed by atoms with Gasteiger partial charge in [0.15, 0.2) is 0 Å². The molecular weight excluding hydrogens is 186 g/mol. The molecule has 0 aromatic rings. The first-order valence-electron chi connectivity index (χ1n) is 6.42. The number of rotatable bonds is 11. The third-order valence-electron chi connectivity index (χ3n) is 2.29. The predicted octanol–water partition coefficient (Wildman–Crippen LogP) is 1.35. The quantitative estimate of drug-likeness (QED) is 0.455. The van der Waals surface area contributed by atoms with E-state index in [1.54, 1.807) is 0 Å². The van der Waals surface area contributed by atoms with Gasteiger partial charge in [-0.25, -0.2) is 0 Å². The van der Waals surface area contributed by atoms with Gasteiger partial charge in [0.05, 0.1) is 0 Å². The lowest BCUT2D eigenvalue weighted by atomic mass is 10.3. The second kappa shape index (κ2) is 12.0. The predicted molar refractivity (Wildman–Crippen MR) is 68.4 cm³/mol. The molecule has 3 N–H and O–H groups in total. The molecule has 0 radical (unpaired) electrons. The molecule has 0 amide bonds. The normalized spacial score (nSPS) is 11.2. The summed E-state index contributed by atoms with van der Waals surface area (Å²) in [6.45, 7) is 12.2. The van der Waals surface area contributed by atoms with Crippen LogP contribution in [0, 0.1) is 0 Å². The third-order valence-corrected chi connectivity index (χ3v) is 2.29. The van der Waals surface area contributed by atoms with Crippen molar-refractivity contribution in [1.29, 1.82) is 0 Å². The first-order chi connectivity index (χ1) is 7.27. The monoisotopic (exact) mass is 215 g/mol. The molecule has 15 heavy (non-hydrogen) atoms. The van der Waals surface area contributed by atoms with Crippen molar-refractivity contribution in [1.82, 2.24) is 16.0 Å². The summed E-state index contributed by atoms with van der Waals surface area (Å²) in [5.41, 5.74) is 0. The molecule has 3 nitrogen and oxygen atoms in total. The van der Waals surface area contributed by atoms with Crippen LogP contribution in [0.4, 0.5) is 0 Å². The zero-order chi connectivity index (χ0) is 11.4. The SMILES string of the molecule is CCNCCCCNCCCNC(C)C. The van der Waals surface area contributed by atoms with Crippen LogP contribution in [0.3, 0.4) is 0 Å². The second-order valence-electron chi connectivity index (χ2n) is 4.27. The van der Waals surface area contributed by atoms with Crippen molar-refractivity contribution >= 4 is 0 Å². The highest BCUT2D eigenvalue weighted by molar-refractivity contribution is 4.55. The van der Waals surface area contributed by atoms with E-state index in [4.69, 9.17) is 0 Å². The molecule has 0 rings (SSSR count). The second-order valence-corrected chi connectivity index (χ2v) is 4.27. The van der Waals surface area contributed by atoms with Gasteiger partial charge < -0.3 is 16.0 Å². The Kier molecular flexibility index (Phi) is 11.9. The van der Waals surface area contributed by atoms with E-state index >= 15 is 0 Å². The molecule has 0 fully saturated rings. The summed E-state index contributed by atoms with van der Waals surface area (Å²) in [5, 5.41) is 10.2. The van der Waals surface area contributed by atoms with Crippen molar-refractivity contribution in [3.05, 3.63) is 0 Å². The topological polar surface area (TPSA) is 36.1 Å². The number of hydrogen-bond donors (Lipinski definition) is 3. The lowest BCUT2D eigenvalue weighted by Crippen LogP contribution is -2.27. The Hall–Kier alpha value is -0.120. The van der Waals surface area contributed by atoms with E-state index in [1.807, 2.05) is 0 Å². The molecule has 0 bridgehead atoms. The highest BCUT2D eigenvalue weighted by Gasteiger charge is 1.92. The van der Waals surface area contributed by atoms with Crippen LogP contribution in [0.5, 0.6) is 0 Å².